The number of hydrogen-bond acceptors (Lipinski definition) is 3. The molecule has 0 saturated heterocycles. The second-order valence-corrected chi connectivity index (χ2v) is 5.68. The van der Waals surface area contributed by atoms with Crippen molar-refractivity contribution in [1.29, 1.82) is 0 Å². The van der Waals surface area contributed by atoms with Gasteiger partial charge in [-0.2, -0.15) is 5.10 Å². The number of carbonyl (C=O) groups excluding carboxylic acids is 1. The number of amides is 1. The number of nitrogens with one attached hydrogen (secondary N) is 2. The second-order valence-electron chi connectivity index (χ2n) is 5.68. The average Bonchev–Trinajstić information content (AvgIpc) is 3.25. The lowest BCUT2D eigenvalue weighted by Gasteiger charge is -2.26. The van der Waals surface area contributed by atoms with Gasteiger partial charge in [-0.1, -0.05) is 18.2 Å². The average molecular weight is 283 g/mol. The zero-order chi connectivity index (χ0) is 14.2. The molecule has 108 valence electrons. The van der Waals surface area contributed by atoms with E-state index in [-0.39, 0.29) is 11.9 Å². The maximum Gasteiger partial charge on any atom is 0.272 e. The highest BCUT2D eigenvalue weighted by Crippen LogP contribution is 2.39. The van der Waals surface area contributed by atoms with Gasteiger partial charge in [0.1, 0.15) is 11.4 Å². The van der Waals surface area contributed by atoms with Crippen LogP contribution in [-0.2, 0) is 0 Å². The van der Waals surface area contributed by atoms with Crippen molar-refractivity contribution >= 4 is 5.91 Å². The van der Waals surface area contributed by atoms with Crippen molar-refractivity contribution in [3.8, 4) is 5.75 Å². The van der Waals surface area contributed by atoms with E-state index in [2.05, 4.69) is 15.5 Å². The van der Waals surface area contributed by atoms with Gasteiger partial charge in [0, 0.05) is 23.6 Å². The van der Waals surface area contributed by atoms with Gasteiger partial charge < -0.3 is 10.1 Å². The molecule has 1 amide bonds. The van der Waals surface area contributed by atoms with Crippen molar-refractivity contribution in [3.63, 3.8) is 0 Å². The Morgan fingerprint density at radius 3 is 3.00 bits per heavy atom. The number of para-hydroxylation sites is 1. The van der Waals surface area contributed by atoms with Gasteiger partial charge in [0.15, 0.2) is 0 Å². The number of aromatic amines is 1. The Hall–Kier alpha value is -2.30. The summed E-state index contributed by atoms with van der Waals surface area (Å²) in [6, 6.07) is 9.71. The number of hydrogen-bond donors (Lipinski definition) is 2. The van der Waals surface area contributed by atoms with Crippen molar-refractivity contribution in [2.75, 3.05) is 6.61 Å². The number of benzene rings is 1. The van der Waals surface area contributed by atoms with E-state index in [0.29, 0.717) is 18.2 Å². The van der Waals surface area contributed by atoms with Crippen LogP contribution in [-0.4, -0.2) is 22.7 Å². The van der Waals surface area contributed by atoms with Crippen molar-refractivity contribution in [2.45, 2.75) is 31.2 Å². The summed E-state index contributed by atoms with van der Waals surface area (Å²) in [5, 5.41) is 10.2. The molecule has 5 nitrogen and oxygen atoms in total. The van der Waals surface area contributed by atoms with Gasteiger partial charge >= 0.3 is 0 Å². The molecular weight excluding hydrogens is 266 g/mol. The SMILES string of the molecule is O=C(N[C@@H]1CCOc2ccccc21)c1cc(C2CC2)[nH]n1. The van der Waals surface area contributed by atoms with Gasteiger partial charge in [0.2, 0.25) is 0 Å². The molecule has 5 heteroatoms. The molecule has 4 rings (SSSR count). The maximum atomic E-state index is 12.3. The molecule has 0 spiro atoms. The van der Waals surface area contributed by atoms with Crippen LogP contribution in [0.3, 0.4) is 0 Å². The Labute approximate surface area is 122 Å². The first kappa shape index (κ1) is 12.4. The van der Waals surface area contributed by atoms with E-state index >= 15 is 0 Å². The summed E-state index contributed by atoms with van der Waals surface area (Å²) >= 11 is 0. The van der Waals surface area contributed by atoms with Crippen LogP contribution >= 0.6 is 0 Å². The van der Waals surface area contributed by atoms with Crippen LogP contribution in [0, 0.1) is 0 Å². The monoisotopic (exact) mass is 283 g/mol. The summed E-state index contributed by atoms with van der Waals surface area (Å²) in [7, 11) is 0. The standard InChI is InChI=1S/C16H17N3O2/c20-16(14-9-13(18-19-14)10-5-6-10)17-12-7-8-21-15-4-2-1-3-11(12)15/h1-4,9-10,12H,5-8H2,(H,17,20)(H,18,19)/t12-/m1/s1. The predicted molar refractivity (Wildman–Crippen MR) is 77.3 cm³/mol. The molecular formula is C16H17N3O2. The molecule has 1 aliphatic carbocycles. The van der Waals surface area contributed by atoms with Gasteiger partial charge in [-0.25, -0.2) is 0 Å². The summed E-state index contributed by atoms with van der Waals surface area (Å²) in [5.41, 5.74) is 2.59. The quantitative estimate of drug-likeness (QED) is 0.909. The third-order valence-electron chi connectivity index (χ3n) is 4.11. The van der Waals surface area contributed by atoms with E-state index in [0.717, 1.165) is 23.4 Å². The summed E-state index contributed by atoms with van der Waals surface area (Å²) in [4.78, 5) is 12.3. The molecule has 2 N–H and O–H groups in total. The Morgan fingerprint density at radius 1 is 1.29 bits per heavy atom. The Kier molecular flexibility index (Phi) is 2.91. The van der Waals surface area contributed by atoms with E-state index < -0.39 is 0 Å². The number of nitrogens with zero attached hydrogens (tertiary/aromatic N) is 1. The highest BCUT2D eigenvalue weighted by atomic mass is 16.5. The van der Waals surface area contributed by atoms with Gasteiger partial charge in [0.05, 0.1) is 12.6 Å². The lowest BCUT2D eigenvalue weighted by Crippen LogP contribution is -2.32. The Morgan fingerprint density at radius 2 is 2.14 bits per heavy atom. The number of fused-ring (bicyclic) bond motifs is 1. The van der Waals surface area contributed by atoms with Crippen LogP contribution in [0.1, 0.15) is 53.0 Å². The maximum absolute atomic E-state index is 12.3. The number of rotatable bonds is 3. The first-order valence-electron chi connectivity index (χ1n) is 7.39. The molecule has 2 aliphatic rings. The minimum atomic E-state index is -0.125. The fourth-order valence-corrected chi connectivity index (χ4v) is 2.78. The molecule has 2 heterocycles. The lowest BCUT2D eigenvalue weighted by molar-refractivity contribution is 0.0919. The fourth-order valence-electron chi connectivity index (χ4n) is 2.78. The van der Waals surface area contributed by atoms with E-state index in [1.54, 1.807) is 0 Å². The van der Waals surface area contributed by atoms with E-state index in [9.17, 15) is 4.79 Å². The minimum Gasteiger partial charge on any atom is -0.493 e. The normalized spacial score (nSPS) is 20.5. The summed E-state index contributed by atoms with van der Waals surface area (Å²) in [6.45, 7) is 0.621. The highest BCUT2D eigenvalue weighted by molar-refractivity contribution is 5.92. The zero-order valence-corrected chi connectivity index (χ0v) is 11.6. The molecule has 1 saturated carbocycles. The summed E-state index contributed by atoms with van der Waals surface area (Å²) in [5.74, 6) is 1.30. The summed E-state index contributed by atoms with van der Waals surface area (Å²) < 4.78 is 5.61. The van der Waals surface area contributed by atoms with Crippen LogP contribution in [0.2, 0.25) is 0 Å². The largest absolute Gasteiger partial charge is 0.493 e. The van der Waals surface area contributed by atoms with Crippen LogP contribution in [0.15, 0.2) is 30.3 Å². The molecule has 21 heavy (non-hydrogen) atoms. The predicted octanol–water partition coefficient (Wildman–Crippen LogP) is 2.54. The van der Waals surface area contributed by atoms with Crippen LogP contribution in [0.5, 0.6) is 5.75 Å². The van der Waals surface area contributed by atoms with Gasteiger partial charge in [-0.3, -0.25) is 9.89 Å². The molecule has 1 aliphatic heterocycles. The molecule has 1 aromatic heterocycles. The number of carbonyl (C=O) groups is 1. The number of ether oxygens (including phenoxy) is 1. The first-order valence-corrected chi connectivity index (χ1v) is 7.39. The lowest BCUT2D eigenvalue weighted by atomic mass is 10.0. The molecule has 0 radical (unpaired) electrons. The zero-order valence-electron chi connectivity index (χ0n) is 11.6. The van der Waals surface area contributed by atoms with Crippen LogP contribution in [0.4, 0.5) is 0 Å². The second kappa shape index (κ2) is 4.91. The molecule has 0 bridgehead atoms. The van der Waals surface area contributed by atoms with E-state index in [4.69, 9.17) is 4.74 Å². The molecule has 2 aromatic rings. The van der Waals surface area contributed by atoms with Crippen molar-refractivity contribution in [3.05, 3.63) is 47.3 Å². The van der Waals surface area contributed by atoms with Crippen molar-refractivity contribution in [2.24, 2.45) is 0 Å². The topological polar surface area (TPSA) is 67.0 Å². The fraction of sp³-hybridized carbons (Fsp3) is 0.375. The number of H-pyrrole nitrogens is 1. The third-order valence-corrected chi connectivity index (χ3v) is 4.11. The Balaban J connectivity index is 1.51. The molecule has 0 unspecified atom stereocenters. The Bertz CT molecular complexity index is 676. The highest BCUT2D eigenvalue weighted by Gasteiger charge is 2.28. The molecule has 1 fully saturated rings. The van der Waals surface area contributed by atoms with E-state index in [1.165, 1.54) is 12.8 Å². The van der Waals surface area contributed by atoms with E-state index in [1.807, 2.05) is 30.3 Å². The summed E-state index contributed by atoms with van der Waals surface area (Å²) in [6.07, 6.45) is 3.16. The van der Waals surface area contributed by atoms with Crippen molar-refractivity contribution < 1.29 is 9.53 Å². The third kappa shape index (κ3) is 2.39. The van der Waals surface area contributed by atoms with Gasteiger partial charge in [0.25, 0.3) is 5.91 Å². The molecule has 1 aromatic carbocycles. The number of aromatic nitrogens is 2. The van der Waals surface area contributed by atoms with Crippen LogP contribution < -0.4 is 10.1 Å². The van der Waals surface area contributed by atoms with Crippen LogP contribution in [0.25, 0.3) is 0 Å². The minimum absolute atomic E-state index is 0.0106. The first-order chi connectivity index (χ1) is 10.3. The smallest absolute Gasteiger partial charge is 0.272 e. The molecule has 1 atom stereocenters. The van der Waals surface area contributed by atoms with Gasteiger partial charge in [-0.05, 0) is 25.0 Å². The van der Waals surface area contributed by atoms with Gasteiger partial charge in [-0.15, -0.1) is 0 Å². The van der Waals surface area contributed by atoms with Crippen molar-refractivity contribution in [1.82, 2.24) is 15.5 Å².